The molecular weight excluding hydrogens is 518 g/mol. The molecule has 0 aromatic heterocycles. The van der Waals surface area contributed by atoms with Gasteiger partial charge in [0.1, 0.15) is 4.90 Å². The maximum atomic E-state index is 12.8. The van der Waals surface area contributed by atoms with Crippen LogP contribution in [0.1, 0.15) is 16.7 Å². The molecule has 0 spiro atoms. The molecule has 0 heterocycles. The van der Waals surface area contributed by atoms with Crippen molar-refractivity contribution in [3.63, 3.8) is 0 Å². The zero-order valence-electron chi connectivity index (χ0n) is 15.3. The lowest BCUT2D eigenvalue weighted by Gasteiger charge is -2.13. The minimum Gasteiger partial charge on any atom is -0.377 e. The summed E-state index contributed by atoms with van der Waals surface area (Å²) >= 11 is 6.77. The molecule has 0 N–H and O–H groups in total. The number of nitriles is 1. The van der Waals surface area contributed by atoms with Gasteiger partial charge in [-0.1, -0.05) is 64.0 Å². The summed E-state index contributed by atoms with van der Waals surface area (Å²) in [6, 6.07) is 21.1. The van der Waals surface area contributed by atoms with Crippen LogP contribution in [0.15, 0.2) is 80.6 Å². The molecule has 0 fully saturated rings. The van der Waals surface area contributed by atoms with Gasteiger partial charge in [-0.05, 0) is 58.8 Å². The van der Waals surface area contributed by atoms with E-state index in [2.05, 4.69) is 37.9 Å². The van der Waals surface area contributed by atoms with Crippen molar-refractivity contribution in [1.82, 2.24) is 0 Å². The van der Waals surface area contributed by atoms with Crippen LogP contribution in [0.3, 0.4) is 0 Å². The SMILES string of the molecule is Cc1ccc(S(=O)(=O)Oc2c(Br)cc(Br)cc2/C=C(\C#N)c2ccccc2)cc1. The molecule has 146 valence electrons. The minimum absolute atomic E-state index is 0.0522. The van der Waals surface area contributed by atoms with Gasteiger partial charge in [0, 0.05) is 10.0 Å². The van der Waals surface area contributed by atoms with Crippen molar-refractivity contribution in [3.05, 3.63) is 92.4 Å². The molecule has 0 aliphatic rings. The molecule has 0 saturated carbocycles. The monoisotopic (exact) mass is 531 g/mol. The molecule has 4 nitrogen and oxygen atoms in total. The second kappa shape index (κ2) is 8.95. The molecule has 0 atom stereocenters. The highest BCUT2D eigenvalue weighted by atomic mass is 79.9. The maximum Gasteiger partial charge on any atom is 0.339 e. The van der Waals surface area contributed by atoms with Crippen LogP contribution < -0.4 is 4.18 Å². The maximum absolute atomic E-state index is 12.8. The van der Waals surface area contributed by atoms with Crippen molar-refractivity contribution >= 4 is 53.6 Å². The molecule has 7 heteroatoms. The smallest absolute Gasteiger partial charge is 0.339 e. The molecule has 3 aromatic rings. The lowest BCUT2D eigenvalue weighted by molar-refractivity contribution is 0.484. The first-order valence-corrected chi connectivity index (χ1v) is 11.5. The molecule has 0 radical (unpaired) electrons. The molecule has 0 amide bonds. The summed E-state index contributed by atoms with van der Waals surface area (Å²) in [5, 5.41) is 9.61. The fourth-order valence-corrected chi connectivity index (χ4v) is 5.01. The van der Waals surface area contributed by atoms with Crippen molar-refractivity contribution in [2.75, 3.05) is 0 Å². The van der Waals surface area contributed by atoms with Crippen LogP contribution in [0.2, 0.25) is 0 Å². The van der Waals surface area contributed by atoms with Gasteiger partial charge in [-0.15, -0.1) is 0 Å². The summed E-state index contributed by atoms with van der Waals surface area (Å²) in [4.78, 5) is 0.0522. The van der Waals surface area contributed by atoms with Gasteiger partial charge >= 0.3 is 10.1 Å². The van der Waals surface area contributed by atoms with Gasteiger partial charge in [-0.2, -0.15) is 13.7 Å². The lowest BCUT2D eigenvalue weighted by atomic mass is 10.0. The van der Waals surface area contributed by atoms with Crippen LogP contribution in [0.5, 0.6) is 5.75 Å². The van der Waals surface area contributed by atoms with Gasteiger partial charge in [0.25, 0.3) is 0 Å². The van der Waals surface area contributed by atoms with Crippen LogP contribution in [0.4, 0.5) is 0 Å². The van der Waals surface area contributed by atoms with Gasteiger partial charge in [-0.25, -0.2) is 0 Å². The summed E-state index contributed by atoms with van der Waals surface area (Å²) in [5.41, 5.74) is 2.49. The third kappa shape index (κ3) is 5.15. The summed E-state index contributed by atoms with van der Waals surface area (Å²) in [5.74, 6) is 0.109. The number of rotatable bonds is 5. The normalized spacial score (nSPS) is 11.7. The van der Waals surface area contributed by atoms with Crippen molar-refractivity contribution in [2.45, 2.75) is 11.8 Å². The summed E-state index contributed by atoms with van der Waals surface area (Å²) in [7, 11) is -4.05. The molecule has 3 aromatic carbocycles. The molecule has 29 heavy (non-hydrogen) atoms. The predicted molar refractivity (Wildman–Crippen MR) is 121 cm³/mol. The van der Waals surface area contributed by atoms with Crippen molar-refractivity contribution in [2.24, 2.45) is 0 Å². The Labute approximate surface area is 186 Å². The minimum atomic E-state index is -4.05. The fourth-order valence-electron chi connectivity index (χ4n) is 2.59. The van der Waals surface area contributed by atoms with E-state index in [0.29, 0.717) is 20.1 Å². The second-order valence-electron chi connectivity index (χ2n) is 6.19. The van der Waals surface area contributed by atoms with Gasteiger partial charge < -0.3 is 4.18 Å². The van der Waals surface area contributed by atoms with Crippen molar-refractivity contribution in [1.29, 1.82) is 5.26 Å². The first-order valence-electron chi connectivity index (χ1n) is 8.47. The number of allylic oxidation sites excluding steroid dienone is 1. The summed E-state index contributed by atoms with van der Waals surface area (Å²) in [6.45, 7) is 1.87. The van der Waals surface area contributed by atoms with Gasteiger partial charge in [0.05, 0.1) is 16.1 Å². The topological polar surface area (TPSA) is 67.2 Å². The quantitative estimate of drug-likeness (QED) is 0.218. The Morgan fingerprint density at radius 2 is 1.69 bits per heavy atom. The molecule has 0 saturated heterocycles. The third-order valence-electron chi connectivity index (χ3n) is 4.04. The van der Waals surface area contributed by atoms with E-state index in [1.165, 1.54) is 12.1 Å². The average molecular weight is 533 g/mol. The lowest BCUT2D eigenvalue weighted by Crippen LogP contribution is -2.11. The summed E-state index contributed by atoms with van der Waals surface area (Å²) in [6.07, 6.45) is 1.60. The van der Waals surface area contributed by atoms with Crippen molar-refractivity contribution in [3.8, 4) is 11.8 Å². The van der Waals surface area contributed by atoms with Crippen LogP contribution in [0.25, 0.3) is 11.6 Å². The van der Waals surface area contributed by atoms with Gasteiger partial charge in [0.15, 0.2) is 5.75 Å². The highest BCUT2D eigenvalue weighted by Gasteiger charge is 2.21. The average Bonchev–Trinajstić information content (AvgIpc) is 2.69. The highest BCUT2D eigenvalue weighted by Crippen LogP contribution is 2.37. The molecule has 3 rings (SSSR count). The Hall–Kier alpha value is -2.40. The van der Waals surface area contributed by atoms with Gasteiger partial charge in [-0.3, -0.25) is 0 Å². The van der Waals surface area contributed by atoms with E-state index >= 15 is 0 Å². The molecule has 0 bridgehead atoms. The van der Waals surface area contributed by atoms with Gasteiger partial charge in [0.2, 0.25) is 0 Å². The van der Waals surface area contributed by atoms with E-state index in [1.54, 1.807) is 30.3 Å². The molecule has 0 unspecified atom stereocenters. The number of benzene rings is 3. The van der Waals surface area contributed by atoms with E-state index in [0.717, 1.165) is 11.1 Å². The summed E-state index contributed by atoms with van der Waals surface area (Å²) < 4.78 is 32.2. The number of hydrogen-bond donors (Lipinski definition) is 0. The van der Waals surface area contributed by atoms with Crippen LogP contribution in [-0.4, -0.2) is 8.42 Å². The number of aryl methyl sites for hydroxylation is 1. The Morgan fingerprint density at radius 1 is 1.03 bits per heavy atom. The molecular formula is C22H15Br2NO3S. The van der Waals surface area contributed by atoms with E-state index in [9.17, 15) is 13.7 Å². The van der Waals surface area contributed by atoms with E-state index in [-0.39, 0.29) is 10.6 Å². The Morgan fingerprint density at radius 3 is 2.31 bits per heavy atom. The first kappa shape index (κ1) is 21.3. The van der Waals surface area contributed by atoms with E-state index < -0.39 is 10.1 Å². The standard InChI is InChI=1S/C22H15Br2NO3S/c1-15-7-9-20(10-8-15)29(26,27)28-22-17(12-19(23)13-21(22)24)11-18(14-25)16-5-3-2-4-6-16/h2-13H,1H3/b18-11+. The Balaban J connectivity index is 2.10. The number of halogens is 2. The first-order chi connectivity index (χ1) is 13.8. The Bertz CT molecular complexity index is 1210. The number of nitrogens with zero attached hydrogens (tertiary/aromatic N) is 1. The zero-order valence-corrected chi connectivity index (χ0v) is 19.3. The molecule has 0 aliphatic carbocycles. The van der Waals surface area contributed by atoms with Crippen LogP contribution in [0, 0.1) is 18.3 Å². The van der Waals surface area contributed by atoms with E-state index in [4.69, 9.17) is 4.18 Å². The number of hydrogen-bond acceptors (Lipinski definition) is 4. The van der Waals surface area contributed by atoms with E-state index in [1.807, 2.05) is 37.3 Å². The predicted octanol–water partition coefficient (Wildman–Crippen LogP) is 6.35. The third-order valence-corrected chi connectivity index (χ3v) is 6.33. The zero-order chi connectivity index (χ0) is 21.0. The Kier molecular flexibility index (Phi) is 6.58. The van der Waals surface area contributed by atoms with Crippen LogP contribution >= 0.6 is 31.9 Å². The van der Waals surface area contributed by atoms with Crippen molar-refractivity contribution < 1.29 is 12.6 Å². The second-order valence-corrected chi connectivity index (χ2v) is 9.51. The largest absolute Gasteiger partial charge is 0.377 e. The van der Waals surface area contributed by atoms with Crippen LogP contribution in [-0.2, 0) is 10.1 Å². The molecule has 0 aliphatic heterocycles. The fraction of sp³-hybridized carbons (Fsp3) is 0.0455. The highest BCUT2D eigenvalue weighted by molar-refractivity contribution is 9.11.